The van der Waals surface area contributed by atoms with E-state index in [4.69, 9.17) is 5.84 Å². The summed E-state index contributed by atoms with van der Waals surface area (Å²) in [4.78, 5) is 0. The number of rotatable bonds is 5. The monoisotopic (exact) mass is 326 g/mol. The Morgan fingerprint density at radius 1 is 1.53 bits per heavy atom. The molecule has 1 aromatic carbocycles. The highest BCUT2D eigenvalue weighted by Crippen LogP contribution is 2.25. The number of hydrazine groups is 1. The zero-order valence-corrected chi connectivity index (χ0v) is 12.2. The van der Waals surface area contributed by atoms with E-state index in [0.29, 0.717) is 10.0 Å². The Bertz CT molecular complexity index is 555. The molecule has 3 N–H and O–H groups in total. The minimum absolute atomic E-state index is 0.305. The smallest absolute Gasteiger partial charge is 0.129 e. The molecule has 1 heterocycles. The van der Waals surface area contributed by atoms with Crippen LogP contribution in [0.25, 0.3) is 0 Å². The molecule has 0 saturated heterocycles. The normalized spacial score (nSPS) is 12.6. The second-order valence-electron chi connectivity index (χ2n) is 4.30. The molecule has 102 valence electrons. The first-order valence-electron chi connectivity index (χ1n) is 6.09. The maximum Gasteiger partial charge on any atom is 0.129 e. The molecule has 2 rings (SSSR count). The highest BCUT2D eigenvalue weighted by molar-refractivity contribution is 9.10. The van der Waals surface area contributed by atoms with Crippen LogP contribution in [0.4, 0.5) is 4.39 Å². The molecule has 6 heteroatoms. The van der Waals surface area contributed by atoms with Gasteiger partial charge < -0.3 is 0 Å². The van der Waals surface area contributed by atoms with Gasteiger partial charge in [0.05, 0.1) is 12.2 Å². The number of hydrogen-bond donors (Lipinski definition) is 2. The Balaban J connectivity index is 2.32. The van der Waals surface area contributed by atoms with E-state index in [9.17, 15) is 4.39 Å². The molecule has 0 saturated carbocycles. The molecule has 19 heavy (non-hydrogen) atoms. The predicted octanol–water partition coefficient (Wildman–Crippen LogP) is 2.75. The first kappa shape index (κ1) is 14.2. The van der Waals surface area contributed by atoms with E-state index in [1.54, 1.807) is 18.3 Å². The van der Waals surface area contributed by atoms with E-state index in [1.165, 1.54) is 6.07 Å². The molecule has 0 spiro atoms. The predicted molar refractivity (Wildman–Crippen MR) is 75.8 cm³/mol. The molecular weight excluding hydrogens is 311 g/mol. The van der Waals surface area contributed by atoms with Crippen LogP contribution in [0.15, 0.2) is 35.1 Å². The summed E-state index contributed by atoms with van der Waals surface area (Å²) in [7, 11) is 0. The van der Waals surface area contributed by atoms with Gasteiger partial charge in [-0.3, -0.25) is 10.5 Å². The van der Waals surface area contributed by atoms with E-state index in [2.05, 4.69) is 33.4 Å². The second-order valence-corrected chi connectivity index (χ2v) is 5.22. The molecule has 1 aromatic heterocycles. The van der Waals surface area contributed by atoms with Gasteiger partial charge in [-0.05, 0) is 18.6 Å². The number of nitrogens with zero attached hydrogens (tertiary/aromatic N) is 2. The molecule has 4 nitrogen and oxygen atoms in total. The molecule has 0 aliphatic heterocycles. The van der Waals surface area contributed by atoms with Crippen molar-refractivity contribution in [2.75, 3.05) is 0 Å². The second kappa shape index (κ2) is 6.27. The molecule has 0 aliphatic rings. The minimum atomic E-state index is -0.404. The Morgan fingerprint density at radius 3 is 2.95 bits per heavy atom. The number of nitrogens with one attached hydrogen (secondary N) is 1. The number of aryl methyl sites for hydroxylation is 1. The Labute approximate surface area is 119 Å². The third-order valence-electron chi connectivity index (χ3n) is 2.88. The molecule has 0 aliphatic carbocycles. The Kier molecular flexibility index (Phi) is 4.68. The van der Waals surface area contributed by atoms with Gasteiger partial charge in [-0.2, -0.15) is 5.10 Å². The van der Waals surface area contributed by atoms with Crippen LogP contribution in [0.2, 0.25) is 0 Å². The summed E-state index contributed by atoms with van der Waals surface area (Å²) in [6.07, 6.45) is 4.59. The summed E-state index contributed by atoms with van der Waals surface area (Å²) in [5, 5.41) is 4.24. The lowest BCUT2D eigenvalue weighted by Crippen LogP contribution is -2.29. The molecule has 0 fully saturated rings. The van der Waals surface area contributed by atoms with E-state index >= 15 is 0 Å². The van der Waals surface area contributed by atoms with E-state index in [1.807, 2.05) is 10.9 Å². The van der Waals surface area contributed by atoms with Gasteiger partial charge in [-0.1, -0.05) is 28.9 Å². The van der Waals surface area contributed by atoms with Gasteiger partial charge in [-0.15, -0.1) is 0 Å². The maximum absolute atomic E-state index is 14.0. The molecule has 0 bridgehead atoms. The molecular formula is C13H16BrFN4. The van der Waals surface area contributed by atoms with Crippen LogP contribution in [-0.4, -0.2) is 9.78 Å². The van der Waals surface area contributed by atoms with E-state index < -0.39 is 6.04 Å². The summed E-state index contributed by atoms with van der Waals surface area (Å²) in [5.74, 6) is 5.26. The minimum Gasteiger partial charge on any atom is -0.272 e. The maximum atomic E-state index is 14.0. The van der Waals surface area contributed by atoms with Crippen molar-refractivity contribution in [2.45, 2.75) is 25.9 Å². The van der Waals surface area contributed by atoms with E-state index in [0.717, 1.165) is 18.5 Å². The molecule has 1 unspecified atom stereocenters. The van der Waals surface area contributed by atoms with Crippen molar-refractivity contribution in [2.24, 2.45) is 5.84 Å². The molecule has 2 aromatic rings. The fraction of sp³-hybridized carbons (Fsp3) is 0.308. The summed E-state index contributed by atoms with van der Waals surface area (Å²) >= 11 is 3.24. The average Bonchev–Trinajstić information content (AvgIpc) is 2.82. The fourth-order valence-corrected chi connectivity index (χ4v) is 2.31. The standard InChI is InChI=1S/C13H16BrFN4/c1-2-5-19-8-9(7-17-19)13(18-16)11-4-3-10(14)6-12(11)15/h3-4,6-8,13,18H,2,5,16H2,1H3. The molecule has 0 amide bonds. The van der Waals surface area contributed by atoms with Gasteiger partial charge in [-0.25, -0.2) is 9.82 Å². The van der Waals surface area contributed by atoms with Crippen LogP contribution in [0, 0.1) is 5.82 Å². The fourth-order valence-electron chi connectivity index (χ4n) is 1.98. The van der Waals surface area contributed by atoms with Crippen LogP contribution in [0.1, 0.15) is 30.5 Å². The Hall–Kier alpha value is -1.24. The van der Waals surface area contributed by atoms with Crippen LogP contribution in [-0.2, 0) is 6.54 Å². The van der Waals surface area contributed by atoms with Crippen molar-refractivity contribution in [1.82, 2.24) is 15.2 Å². The first-order valence-corrected chi connectivity index (χ1v) is 6.88. The highest BCUT2D eigenvalue weighted by Gasteiger charge is 2.18. The average molecular weight is 327 g/mol. The van der Waals surface area contributed by atoms with Gasteiger partial charge in [0.15, 0.2) is 0 Å². The SMILES string of the molecule is CCCn1cc(C(NN)c2ccc(Br)cc2F)cn1. The van der Waals surface area contributed by atoms with Crippen LogP contribution >= 0.6 is 15.9 Å². The van der Waals surface area contributed by atoms with Crippen molar-refractivity contribution in [3.63, 3.8) is 0 Å². The number of aromatic nitrogens is 2. The molecule has 0 radical (unpaired) electrons. The van der Waals surface area contributed by atoms with Gasteiger partial charge in [0, 0.05) is 28.3 Å². The van der Waals surface area contributed by atoms with Gasteiger partial charge in [0.25, 0.3) is 0 Å². The third kappa shape index (κ3) is 3.20. The van der Waals surface area contributed by atoms with Crippen LogP contribution in [0.5, 0.6) is 0 Å². The number of nitrogens with two attached hydrogens (primary N) is 1. The topological polar surface area (TPSA) is 55.9 Å². The lowest BCUT2D eigenvalue weighted by molar-refractivity contribution is 0.557. The molecule has 1 atom stereocenters. The number of halogens is 2. The van der Waals surface area contributed by atoms with Crippen LogP contribution in [0.3, 0.4) is 0 Å². The van der Waals surface area contributed by atoms with Gasteiger partial charge >= 0.3 is 0 Å². The van der Waals surface area contributed by atoms with Crippen molar-refractivity contribution in [3.8, 4) is 0 Å². The van der Waals surface area contributed by atoms with Crippen molar-refractivity contribution >= 4 is 15.9 Å². The summed E-state index contributed by atoms with van der Waals surface area (Å²) in [6.45, 7) is 2.91. The van der Waals surface area contributed by atoms with Crippen molar-refractivity contribution < 1.29 is 4.39 Å². The zero-order chi connectivity index (χ0) is 13.8. The third-order valence-corrected chi connectivity index (χ3v) is 3.37. The van der Waals surface area contributed by atoms with Crippen LogP contribution < -0.4 is 11.3 Å². The lowest BCUT2D eigenvalue weighted by atomic mass is 10.0. The van der Waals surface area contributed by atoms with E-state index in [-0.39, 0.29) is 5.82 Å². The summed E-state index contributed by atoms with van der Waals surface area (Å²) in [5.41, 5.74) is 3.99. The summed E-state index contributed by atoms with van der Waals surface area (Å²) in [6, 6.07) is 4.52. The first-order chi connectivity index (χ1) is 9.15. The van der Waals surface area contributed by atoms with Gasteiger partial charge in [0.2, 0.25) is 0 Å². The summed E-state index contributed by atoms with van der Waals surface area (Å²) < 4.78 is 16.5. The lowest BCUT2D eigenvalue weighted by Gasteiger charge is -2.15. The largest absolute Gasteiger partial charge is 0.272 e. The number of benzene rings is 1. The quantitative estimate of drug-likeness (QED) is 0.656. The zero-order valence-electron chi connectivity index (χ0n) is 10.6. The van der Waals surface area contributed by atoms with Gasteiger partial charge in [0.1, 0.15) is 5.82 Å². The van der Waals surface area contributed by atoms with Crippen molar-refractivity contribution in [1.29, 1.82) is 0 Å². The number of hydrogen-bond acceptors (Lipinski definition) is 3. The highest BCUT2D eigenvalue weighted by atomic mass is 79.9. The Morgan fingerprint density at radius 2 is 2.32 bits per heavy atom. The van der Waals surface area contributed by atoms with Crippen molar-refractivity contribution in [3.05, 3.63) is 52.0 Å².